The number of nitrogen functional groups attached to an aromatic ring is 1. The molecule has 2 aromatic rings. The van der Waals surface area contributed by atoms with Crippen LogP contribution in [0.4, 0.5) is 17.1 Å². The average Bonchev–Trinajstić information content (AvgIpc) is 2.61. The topological polar surface area (TPSA) is 102 Å². The monoisotopic (exact) mass is 451 g/mol. The Kier molecular flexibility index (Phi) is 7.79. The molecule has 0 aromatic heterocycles. The number of nitro groups is 1. The zero-order chi connectivity index (χ0) is 20.1. The van der Waals surface area contributed by atoms with Crippen molar-refractivity contribution in [3.05, 3.63) is 60.5 Å². The van der Waals surface area contributed by atoms with Gasteiger partial charge >= 0.3 is 0 Å². The quantitative estimate of drug-likeness (QED) is 0.301. The summed E-state index contributed by atoms with van der Waals surface area (Å²) in [6.45, 7) is 3.39. The average molecular weight is 453 g/mol. The van der Waals surface area contributed by atoms with Crippen molar-refractivity contribution in [3.8, 4) is 0 Å². The molecule has 3 rings (SSSR count). The Morgan fingerprint density at radius 2 is 1.41 bits per heavy atom. The van der Waals surface area contributed by atoms with Crippen LogP contribution < -0.4 is 16.5 Å². The van der Waals surface area contributed by atoms with Gasteiger partial charge in [0.15, 0.2) is 0 Å². The number of hydrazine groups is 1. The number of hydrogen-bond acceptors (Lipinski definition) is 6. The maximum atomic E-state index is 10.3. The van der Waals surface area contributed by atoms with Gasteiger partial charge in [-0.3, -0.25) is 16.0 Å². The number of rotatable bonds is 2. The molecule has 0 unspecified atom stereocenters. The summed E-state index contributed by atoms with van der Waals surface area (Å²) in [6.07, 6.45) is 0. The second-order valence-electron chi connectivity index (χ2n) is 5.67. The smallest absolute Gasteiger partial charge is 0.272 e. The number of nitro benzene ring substituents is 1. The van der Waals surface area contributed by atoms with Crippen LogP contribution in [0.15, 0.2) is 30.3 Å². The SMILES string of the molecule is NN1CCN(c2c(Cl)cccc2Cl)CC1.Nc1c(Cl)cc([N+](=O)[O-])cc1Cl. The summed E-state index contributed by atoms with van der Waals surface area (Å²) in [5.74, 6) is 5.69. The van der Waals surface area contributed by atoms with Gasteiger partial charge in [0.05, 0.1) is 36.4 Å². The molecule has 0 aliphatic carbocycles. The van der Waals surface area contributed by atoms with Crippen molar-refractivity contribution in [2.24, 2.45) is 5.84 Å². The van der Waals surface area contributed by atoms with Gasteiger partial charge in [-0.2, -0.15) is 0 Å². The van der Waals surface area contributed by atoms with Gasteiger partial charge in [0.25, 0.3) is 5.69 Å². The molecule has 0 bridgehead atoms. The number of benzene rings is 2. The van der Waals surface area contributed by atoms with E-state index in [0.29, 0.717) is 10.0 Å². The van der Waals surface area contributed by atoms with Crippen LogP contribution in [0.1, 0.15) is 0 Å². The fourth-order valence-corrected chi connectivity index (χ4v) is 3.53. The zero-order valence-corrected chi connectivity index (χ0v) is 17.1. The van der Waals surface area contributed by atoms with Gasteiger partial charge < -0.3 is 10.6 Å². The van der Waals surface area contributed by atoms with Gasteiger partial charge in [0.2, 0.25) is 0 Å². The second kappa shape index (κ2) is 9.64. The van der Waals surface area contributed by atoms with Gasteiger partial charge in [0.1, 0.15) is 0 Å². The lowest BCUT2D eigenvalue weighted by atomic mass is 10.2. The molecular formula is C16H17Cl4N5O2. The van der Waals surface area contributed by atoms with Crippen LogP contribution in [-0.2, 0) is 0 Å². The van der Waals surface area contributed by atoms with Crippen LogP contribution >= 0.6 is 46.4 Å². The van der Waals surface area contributed by atoms with E-state index < -0.39 is 4.92 Å². The third-order valence-corrected chi connectivity index (χ3v) is 5.08. The standard InChI is InChI=1S/C10H13Cl2N3.C6H4Cl2N2O2/c11-8-2-1-3-9(12)10(8)14-4-6-15(13)7-5-14;7-4-1-3(10(11)12)2-5(8)6(4)9/h1-3H,4-7,13H2;1-2H,9H2. The van der Waals surface area contributed by atoms with E-state index in [-0.39, 0.29) is 21.4 Å². The number of halogens is 4. The minimum atomic E-state index is -0.586. The van der Waals surface area contributed by atoms with Crippen molar-refractivity contribution in [1.82, 2.24) is 5.01 Å². The molecule has 1 heterocycles. The normalized spacial score (nSPS) is 14.5. The third kappa shape index (κ3) is 5.75. The number of nitrogens with two attached hydrogens (primary N) is 2. The summed E-state index contributed by atoms with van der Waals surface area (Å²) in [5, 5.41) is 13.7. The first-order valence-electron chi connectivity index (χ1n) is 7.78. The molecule has 11 heteroatoms. The molecule has 0 saturated carbocycles. The summed E-state index contributed by atoms with van der Waals surface area (Å²) in [6, 6.07) is 7.88. The van der Waals surface area contributed by atoms with Crippen LogP contribution in [0.25, 0.3) is 0 Å². The first-order valence-corrected chi connectivity index (χ1v) is 9.29. The number of non-ortho nitro benzene ring substituents is 1. The van der Waals surface area contributed by atoms with Crippen molar-refractivity contribution in [1.29, 1.82) is 0 Å². The fraction of sp³-hybridized carbons (Fsp3) is 0.250. The van der Waals surface area contributed by atoms with Gasteiger partial charge in [-0.15, -0.1) is 0 Å². The van der Waals surface area contributed by atoms with E-state index in [2.05, 4.69) is 4.90 Å². The van der Waals surface area contributed by atoms with E-state index in [1.54, 1.807) is 5.01 Å². The van der Waals surface area contributed by atoms with E-state index in [0.717, 1.165) is 44.0 Å². The summed E-state index contributed by atoms with van der Waals surface area (Å²) in [4.78, 5) is 11.9. The first kappa shape index (κ1) is 21.8. The largest absolute Gasteiger partial charge is 0.396 e. The molecule has 146 valence electrons. The highest BCUT2D eigenvalue weighted by Gasteiger charge is 2.18. The van der Waals surface area contributed by atoms with Gasteiger partial charge in [-0.05, 0) is 12.1 Å². The van der Waals surface area contributed by atoms with Gasteiger partial charge in [-0.25, -0.2) is 5.01 Å². The number of hydrogen-bond donors (Lipinski definition) is 2. The first-order chi connectivity index (χ1) is 12.7. The highest BCUT2D eigenvalue weighted by Crippen LogP contribution is 2.34. The Labute approximate surface area is 176 Å². The summed E-state index contributed by atoms with van der Waals surface area (Å²) in [5.41, 5.74) is 6.28. The fourth-order valence-electron chi connectivity index (χ4n) is 2.41. The van der Waals surface area contributed by atoms with Gasteiger partial charge in [0, 0.05) is 38.3 Å². The molecule has 1 aliphatic rings. The van der Waals surface area contributed by atoms with Crippen LogP contribution in [0.5, 0.6) is 0 Å². The molecule has 1 aliphatic heterocycles. The Morgan fingerprint density at radius 3 is 1.85 bits per heavy atom. The Hall–Kier alpha value is -1.48. The highest BCUT2D eigenvalue weighted by atomic mass is 35.5. The second-order valence-corrected chi connectivity index (χ2v) is 7.30. The summed E-state index contributed by atoms with van der Waals surface area (Å²) < 4.78 is 0. The molecule has 0 radical (unpaired) electrons. The minimum absolute atomic E-state index is 0.0919. The Balaban J connectivity index is 0.000000199. The van der Waals surface area contributed by atoms with Crippen LogP contribution in [0.3, 0.4) is 0 Å². The molecule has 4 N–H and O–H groups in total. The van der Waals surface area contributed by atoms with Gasteiger partial charge in [-0.1, -0.05) is 52.5 Å². The predicted octanol–water partition coefficient (Wildman–Crippen LogP) is 4.47. The molecule has 7 nitrogen and oxygen atoms in total. The lowest BCUT2D eigenvalue weighted by Gasteiger charge is -2.34. The lowest BCUT2D eigenvalue weighted by molar-refractivity contribution is -0.384. The maximum Gasteiger partial charge on any atom is 0.272 e. The number of nitrogens with zero attached hydrogens (tertiary/aromatic N) is 3. The maximum absolute atomic E-state index is 10.3. The van der Waals surface area contributed by atoms with E-state index >= 15 is 0 Å². The molecule has 0 atom stereocenters. The molecule has 27 heavy (non-hydrogen) atoms. The Bertz CT molecular complexity index is 785. The molecular weight excluding hydrogens is 436 g/mol. The third-order valence-electron chi connectivity index (χ3n) is 3.84. The van der Waals surface area contributed by atoms with Crippen LogP contribution in [0.2, 0.25) is 20.1 Å². The molecule has 2 aromatic carbocycles. The highest BCUT2D eigenvalue weighted by molar-refractivity contribution is 6.39. The van der Waals surface area contributed by atoms with Crippen molar-refractivity contribution in [2.45, 2.75) is 0 Å². The van der Waals surface area contributed by atoms with Crippen LogP contribution in [-0.4, -0.2) is 36.1 Å². The molecule has 0 spiro atoms. The lowest BCUT2D eigenvalue weighted by Crippen LogP contribution is -2.49. The molecule has 1 saturated heterocycles. The summed E-state index contributed by atoms with van der Waals surface area (Å²) >= 11 is 23.4. The summed E-state index contributed by atoms with van der Waals surface area (Å²) in [7, 11) is 0. The van der Waals surface area contributed by atoms with Crippen LogP contribution in [0, 0.1) is 10.1 Å². The number of para-hydroxylation sites is 1. The van der Waals surface area contributed by atoms with Crippen molar-refractivity contribution in [2.75, 3.05) is 36.8 Å². The molecule has 1 fully saturated rings. The predicted molar refractivity (Wildman–Crippen MR) is 112 cm³/mol. The van der Waals surface area contributed by atoms with E-state index in [1.165, 1.54) is 0 Å². The van der Waals surface area contributed by atoms with E-state index in [9.17, 15) is 10.1 Å². The van der Waals surface area contributed by atoms with E-state index in [1.807, 2.05) is 18.2 Å². The number of anilines is 2. The molecule has 0 amide bonds. The van der Waals surface area contributed by atoms with E-state index in [4.69, 9.17) is 58.0 Å². The minimum Gasteiger partial charge on any atom is -0.396 e. The Morgan fingerprint density at radius 1 is 0.926 bits per heavy atom. The van der Waals surface area contributed by atoms with Crippen molar-refractivity contribution < 1.29 is 4.92 Å². The van der Waals surface area contributed by atoms with Crippen molar-refractivity contribution in [3.63, 3.8) is 0 Å². The van der Waals surface area contributed by atoms with Crippen molar-refractivity contribution >= 4 is 63.5 Å². The number of piperazine rings is 1. The zero-order valence-electron chi connectivity index (χ0n) is 14.0.